The first kappa shape index (κ1) is 15.5. The predicted octanol–water partition coefficient (Wildman–Crippen LogP) is 0.910. The van der Waals surface area contributed by atoms with E-state index in [1.807, 2.05) is 0 Å². The van der Waals surface area contributed by atoms with Crippen LogP contribution in [-0.4, -0.2) is 40.6 Å². The zero-order valence-electron chi connectivity index (χ0n) is 12.5. The van der Waals surface area contributed by atoms with E-state index in [-0.39, 0.29) is 16.7 Å². The Morgan fingerprint density at radius 2 is 2.27 bits per heavy atom. The lowest BCUT2D eigenvalue weighted by Gasteiger charge is -2.15. The van der Waals surface area contributed by atoms with E-state index in [1.165, 1.54) is 6.92 Å². The number of carbonyl (C=O) groups is 1. The molecule has 2 aliphatic heterocycles. The van der Waals surface area contributed by atoms with Crippen LogP contribution in [0, 0.1) is 5.92 Å². The minimum Gasteiger partial charge on any atom is -0.381 e. The molecule has 0 radical (unpaired) electrons. The molecule has 1 fully saturated rings. The van der Waals surface area contributed by atoms with Gasteiger partial charge in [0.05, 0.1) is 11.5 Å². The lowest BCUT2D eigenvalue weighted by molar-refractivity contribution is -0.116. The fraction of sp³-hybridized carbons (Fsp3) is 0.533. The Balaban J connectivity index is 1.75. The number of nitrogens with zero attached hydrogens (tertiary/aromatic N) is 1. The molecule has 22 heavy (non-hydrogen) atoms. The van der Waals surface area contributed by atoms with Crippen LogP contribution in [0.1, 0.15) is 18.9 Å². The predicted molar refractivity (Wildman–Crippen MR) is 82.3 cm³/mol. The number of benzene rings is 1. The fourth-order valence-electron chi connectivity index (χ4n) is 2.93. The summed E-state index contributed by atoms with van der Waals surface area (Å²) >= 11 is 0. The Kier molecular flexibility index (Phi) is 4.20. The van der Waals surface area contributed by atoms with Crippen LogP contribution in [0.15, 0.2) is 23.1 Å². The third-order valence-electron chi connectivity index (χ3n) is 4.22. The van der Waals surface area contributed by atoms with Gasteiger partial charge < -0.3 is 9.64 Å². The van der Waals surface area contributed by atoms with Crippen molar-refractivity contribution in [3.05, 3.63) is 23.8 Å². The molecule has 0 aromatic heterocycles. The Bertz CT molecular complexity index is 681. The summed E-state index contributed by atoms with van der Waals surface area (Å²) in [6.45, 7) is 3.84. The van der Waals surface area contributed by atoms with E-state index >= 15 is 0 Å². The molecule has 0 spiro atoms. The smallest absolute Gasteiger partial charge is 0.240 e. The minimum absolute atomic E-state index is 0.0197. The second-order valence-corrected chi connectivity index (χ2v) is 7.56. The van der Waals surface area contributed by atoms with E-state index in [0.29, 0.717) is 32.7 Å². The van der Waals surface area contributed by atoms with Gasteiger partial charge in [-0.3, -0.25) is 4.79 Å². The SMILES string of the molecule is CC(=O)N1CCc2cc(S(=O)(=O)NCC3CCOC3)ccc21. The molecule has 6 nitrogen and oxygen atoms in total. The number of hydrogen-bond acceptors (Lipinski definition) is 4. The van der Waals surface area contributed by atoms with Crippen molar-refractivity contribution in [1.29, 1.82) is 0 Å². The highest BCUT2D eigenvalue weighted by Gasteiger charge is 2.25. The average molecular weight is 324 g/mol. The molecule has 3 rings (SSSR count). The van der Waals surface area contributed by atoms with Crippen molar-refractivity contribution < 1.29 is 17.9 Å². The molecule has 1 unspecified atom stereocenters. The first-order valence-corrected chi connectivity index (χ1v) is 8.94. The van der Waals surface area contributed by atoms with Gasteiger partial charge in [0.1, 0.15) is 0 Å². The van der Waals surface area contributed by atoms with Crippen molar-refractivity contribution in [3.63, 3.8) is 0 Å². The average Bonchev–Trinajstić information content (AvgIpc) is 3.13. The molecule has 1 amide bonds. The second-order valence-electron chi connectivity index (χ2n) is 5.79. The van der Waals surface area contributed by atoms with Gasteiger partial charge in [0.2, 0.25) is 15.9 Å². The summed E-state index contributed by atoms with van der Waals surface area (Å²) in [6, 6.07) is 4.95. The van der Waals surface area contributed by atoms with E-state index in [1.54, 1.807) is 23.1 Å². The summed E-state index contributed by atoms with van der Waals surface area (Å²) in [5.74, 6) is 0.228. The number of amides is 1. The molecule has 0 bridgehead atoms. The maximum atomic E-state index is 12.4. The molecular weight excluding hydrogens is 304 g/mol. The molecule has 1 N–H and O–H groups in total. The maximum Gasteiger partial charge on any atom is 0.240 e. The normalized spacial score (nSPS) is 21.1. The quantitative estimate of drug-likeness (QED) is 0.893. The van der Waals surface area contributed by atoms with Crippen molar-refractivity contribution >= 4 is 21.6 Å². The molecule has 0 aliphatic carbocycles. The number of sulfonamides is 1. The third-order valence-corrected chi connectivity index (χ3v) is 5.64. The molecule has 1 saturated heterocycles. The van der Waals surface area contributed by atoms with Gasteiger partial charge in [0.15, 0.2) is 0 Å². The summed E-state index contributed by atoms with van der Waals surface area (Å²) in [5.41, 5.74) is 1.72. The Morgan fingerprint density at radius 3 is 2.95 bits per heavy atom. The number of rotatable bonds is 4. The summed E-state index contributed by atoms with van der Waals surface area (Å²) in [7, 11) is -3.52. The van der Waals surface area contributed by atoms with Gasteiger partial charge in [-0.05, 0) is 42.5 Å². The van der Waals surface area contributed by atoms with Crippen molar-refractivity contribution in [2.45, 2.75) is 24.7 Å². The van der Waals surface area contributed by atoms with Crippen LogP contribution in [0.2, 0.25) is 0 Å². The minimum atomic E-state index is -3.52. The van der Waals surface area contributed by atoms with E-state index in [9.17, 15) is 13.2 Å². The van der Waals surface area contributed by atoms with Crippen LogP contribution in [0.5, 0.6) is 0 Å². The number of carbonyl (C=O) groups excluding carboxylic acids is 1. The fourth-order valence-corrected chi connectivity index (χ4v) is 4.09. The summed E-state index contributed by atoms with van der Waals surface area (Å²) < 4.78 is 32.6. The van der Waals surface area contributed by atoms with Gasteiger partial charge in [-0.15, -0.1) is 0 Å². The maximum absolute atomic E-state index is 12.4. The Morgan fingerprint density at radius 1 is 1.45 bits per heavy atom. The standard InChI is InChI=1S/C15H20N2O4S/c1-11(18)17-6-4-13-8-14(2-3-15(13)17)22(19,20)16-9-12-5-7-21-10-12/h2-3,8,12,16H,4-7,9-10H2,1H3. The largest absolute Gasteiger partial charge is 0.381 e. The third kappa shape index (κ3) is 3.02. The van der Waals surface area contributed by atoms with Crippen molar-refractivity contribution in [2.24, 2.45) is 5.92 Å². The summed E-state index contributed by atoms with van der Waals surface area (Å²) in [5, 5.41) is 0. The van der Waals surface area contributed by atoms with Crippen molar-refractivity contribution in [2.75, 3.05) is 31.2 Å². The Labute approximate surface area is 130 Å². The van der Waals surface area contributed by atoms with Crippen LogP contribution in [0.4, 0.5) is 5.69 Å². The molecular formula is C15H20N2O4S. The second kappa shape index (κ2) is 5.98. The number of nitrogens with one attached hydrogen (secondary N) is 1. The zero-order valence-corrected chi connectivity index (χ0v) is 13.4. The van der Waals surface area contributed by atoms with Gasteiger partial charge in [-0.25, -0.2) is 13.1 Å². The molecule has 1 atom stereocenters. The molecule has 1 aromatic carbocycles. The van der Waals surface area contributed by atoms with Crippen LogP contribution in [0.25, 0.3) is 0 Å². The number of hydrogen-bond donors (Lipinski definition) is 1. The van der Waals surface area contributed by atoms with E-state index in [4.69, 9.17) is 4.74 Å². The summed E-state index contributed by atoms with van der Waals surface area (Å²) in [6.07, 6.45) is 1.58. The molecule has 0 saturated carbocycles. The zero-order chi connectivity index (χ0) is 15.7. The van der Waals surface area contributed by atoms with Gasteiger partial charge in [0, 0.05) is 32.3 Å². The lowest BCUT2D eigenvalue weighted by Crippen LogP contribution is -2.29. The number of fused-ring (bicyclic) bond motifs is 1. The number of anilines is 1. The first-order valence-electron chi connectivity index (χ1n) is 7.46. The van der Waals surface area contributed by atoms with Gasteiger partial charge in [-0.2, -0.15) is 0 Å². The van der Waals surface area contributed by atoms with Crippen LogP contribution in [-0.2, 0) is 26.0 Å². The van der Waals surface area contributed by atoms with Gasteiger partial charge in [0.25, 0.3) is 0 Å². The summed E-state index contributed by atoms with van der Waals surface area (Å²) in [4.78, 5) is 13.5. The van der Waals surface area contributed by atoms with Crippen LogP contribution >= 0.6 is 0 Å². The lowest BCUT2D eigenvalue weighted by atomic mass is 10.1. The molecule has 2 heterocycles. The topological polar surface area (TPSA) is 75.7 Å². The van der Waals surface area contributed by atoms with Crippen molar-refractivity contribution in [3.8, 4) is 0 Å². The highest BCUT2D eigenvalue weighted by atomic mass is 32.2. The van der Waals surface area contributed by atoms with Crippen molar-refractivity contribution in [1.82, 2.24) is 4.72 Å². The molecule has 1 aromatic rings. The molecule has 7 heteroatoms. The first-order chi connectivity index (χ1) is 10.5. The van der Waals surface area contributed by atoms with Crippen LogP contribution < -0.4 is 9.62 Å². The molecule has 120 valence electrons. The highest BCUT2D eigenvalue weighted by Crippen LogP contribution is 2.30. The van der Waals surface area contributed by atoms with E-state index < -0.39 is 10.0 Å². The van der Waals surface area contributed by atoms with Gasteiger partial charge in [-0.1, -0.05) is 0 Å². The monoisotopic (exact) mass is 324 g/mol. The number of ether oxygens (including phenoxy) is 1. The molecule has 2 aliphatic rings. The van der Waals surface area contributed by atoms with E-state index in [2.05, 4.69) is 4.72 Å². The Hall–Kier alpha value is -1.44. The van der Waals surface area contributed by atoms with Gasteiger partial charge >= 0.3 is 0 Å². The van der Waals surface area contributed by atoms with Crippen LogP contribution in [0.3, 0.4) is 0 Å². The van der Waals surface area contributed by atoms with E-state index in [0.717, 1.165) is 17.7 Å². The highest BCUT2D eigenvalue weighted by molar-refractivity contribution is 7.89.